The Morgan fingerprint density at radius 1 is 1.25 bits per heavy atom. The highest BCUT2D eigenvalue weighted by molar-refractivity contribution is 14.0. The number of likely N-dealkylation sites (tertiary alicyclic amines) is 1. The van der Waals surface area contributed by atoms with Gasteiger partial charge in [-0.1, -0.05) is 0 Å². The highest BCUT2D eigenvalue weighted by atomic mass is 127. The Bertz CT molecular complexity index is 386. The molecule has 0 bridgehead atoms. The summed E-state index contributed by atoms with van der Waals surface area (Å²) in [7, 11) is 0. The van der Waals surface area contributed by atoms with Crippen molar-refractivity contribution < 1.29 is 4.74 Å². The SMILES string of the molecule is CCNC(=NCCN(C(C)C)C(C)C)N1CCC2(CCOC2)C1.I. The number of rotatable bonds is 6. The molecule has 0 saturated carbocycles. The lowest BCUT2D eigenvalue weighted by atomic mass is 9.87. The molecule has 2 heterocycles. The second-order valence-corrected chi connectivity index (χ2v) is 7.64. The maximum absolute atomic E-state index is 5.64. The Kier molecular flexibility index (Phi) is 9.30. The predicted octanol–water partition coefficient (Wildman–Crippen LogP) is 2.80. The molecule has 2 fully saturated rings. The highest BCUT2D eigenvalue weighted by Gasteiger charge is 2.42. The van der Waals surface area contributed by atoms with Gasteiger partial charge in [-0.15, -0.1) is 24.0 Å². The average Bonchev–Trinajstić information content (AvgIpc) is 3.12. The molecule has 2 aliphatic heterocycles. The fourth-order valence-electron chi connectivity index (χ4n) is 3.90. The lowest BCUT2D eigenvalue weighted by Crippen LogP contribution is -2.43. The largest absolute Gasteiger partial charge is 0.381 e. The molecule has 0 aromatic heterocycles. The van der Waals surface area contributed by atoms with Crippen molar-refractivity contribution in [1.29, 1.82) is 0 Å². The molecular formula is C18H37IN4O. The van der Waals surface area contributed by atoms with Crippen molar-refractivity contribution in [2.45, 2.75) is 59.5 Å². The first kappa shape index (κ1) is 22.0. The van der Waals surface area contributed by atoms with Crippen LogP contribution in [0.4, 0.5) is 0 Å². The molecule has 142 valence electrons. The van der Waals surface area contributed by atoms with E-state index in [9.17, 15) is 0 Å². The summed E-state index contributed by atoms with van der Waals surface area (Å²) in [4.78, 5) is 9.84. The molecule has 1 unspecified atom stereocenters. The van der Waals surface area contributed by atoms with E-state index in [0.29, 0.717) is 17.5 Å². The van der Waals surface area contributed by atoms with Gasteiger partial charge in [-0.2, -0.15) is 0 Å². The van der Waals surface area contributed by atoms with Crippen molar-refractivity contribution in [1.82, 2.24) is 15.1 Å². The van der Waals surface area contributed by atoms with Gasteiger partial charge < -0.3 is 15.0 Å². The minimum absolute atomic E-state index is 0. The van der Waals surface area contributed by atoms with Crippen molar-refractivity contribution >= 4 is 29.9 Å². The van der Waals surface area contributed by atoms with Crippen molar-refractivity contribution in [3.8, 4) is 0 Å². The normalized spacial score (nSPS) is 24.5. The van der Waals surface area contributed by atoms with Crippen LogP contribution in [-0.2, 0) is 4.74 Å². The number of halogens is 1. The monoisotopic (exact) mass is 452 g/mol. The second-order valence-electron chi connectivity index (χ2n) is 7.64. The van der Waals surface area contributed by atoms with Gasteiger partial charge in [-0.05, 0) is 47.5 Å². The molecule has 0 amide bonds. The van der Waals surface area contributed by atoms with E-state index in [0.717, 1.165) is 51.9 Å². The number of guanidine groups is 1. The van der Waals surface area contributed by atoms with Crippen LogP contribution in [0, 0.1) is 5.41 Å². The summed E-state index contributed by atoms with van der Waals surface area (Å²) < 4.78 is 5.64. The van der Waals surface area contributed by atoms with Crippen LogP contribution in [0.3, 0.4) is 0 Å². The van der Waals surface area contributed by atoms with Gasteiger partial charge in [0.15, 0.2) is 5.96 Å². The van der Waals surface area contributed by atoms with Gasteiger partial charge in [-0.3, -0.25) is 9.89 Å². The molecule has 2 rings (SSSR count). The second kappa shape index (κ2) is 10.2. The molecule has 0 aromatic carbocycles. The smallest absolute Gasteiger partial charge is 0.193 e. The zero-order valence-corrected chi connectivity index (χ0v) is 18.5. The standard InChI is InChI=1S/C18H36N4O.HI/c1-6-19-17(20-9-11-22(15(2)3)16(4)5)21-10-7-18(13-21)8-12-23-14-18;/h15-16H,6-14H2,1-5H3,(H,19,20);1H. The third-order valence-corrected chi connectivity index (χ3v) is 5.20. The van der Waals surface area contributed by atoms with Gasteiger partial charge in [0.2, 0.25) is 0 Å². The summed E-state index contributed by atoms with van der Waals surface area (Å²) in [6.45, 7) is 18.1. The Morgan fingerprint density at radius 2 is 1.96 bits per heavy atom. The topological polar surface area (TPSA) is 40.1 Å². The number of nitrogens with zero attached hydrogens (tertiary/aromatic N) is 3. The van der Waals surface area contributed by atoms with Gasteiger partial charge in [0, 0.05) is 50.3 Å². The summed E-state index contributed by atoms with van der Waals surface area (Å²) in [5.41, 5.74) is 0.387. The Labute approximate surface area is 165 Å². The fraction of sp³-hybridized carbons (Fsp3) is 0.944. The van der Waals surface area contributed by atoms with Crippen LogP contribution in [-0.4, -0.2) is 73.8 Å². The van der Waals surface area contributed by atoms with E-state index in [-0.39, 0.29) is 24.0 Å². The van der Waals surface area contributed by atoms with E-state index < -0.39 is 0 Å². The van der Waals surface area contributed by atoms with E-state index >= 15 is 0 Å². The molecule has 2 saturated heterocycles. The van der Waals surface area contributed by atoms with E-state index in [1.165, 1.54) is 12.8 Å². The van der Waals surface area contributed by atoms with Crippen LogP contribution in [0.25, 0.3) is 0 Å². The fourth-order valence-corrected chi connectivity index (χ4v) is 3.90. The number of ether oxygens (including phenoxy) is 1. The zero-order chi connectivity index (χ0) is 16.9. The average molecular weight is 452 g/mol. The maximum Gasteiger partial charge on any atom is 0.193 e. The van der Waals surface area contributed by atoms with Gasteiger partial charge in [-0.25, -0.2) is 0 Å². The summed E-state index contributed by atoms with van der Waals surface area (Å²) in [5, 5.41) is 3.48. The molecule has 1 spiro atoms. The number of hydrogen-bond donors (Lipinski definition) is 1. The summed E-state index contributed by atoms with van der Waals surface area (Å²) in [6, 6.07) is 1.14. The maximum atomic E-state index is 5.64. The quantitative estimate of drug-likeness (QED) is 0.382. The molecule has 6 heteroatoms. The molecule has 5 nitrogen and oxygen atoms in total. The predicted molar refractivity (Wildman–Crippen MR) is 112 cm³/mol. The summed E-state index contributed by atoms with van der Waals surface area (Å²) >= 11 is 0. The lowest BCUT2D eigenvalue weighted by Gasteiger charge is -2.30. The van der Waals surface area contributed by atoms with Gasteiger partial charge in [0.25, 0.3) is 0 Å². The van der Waals surface area contributed by atoms with E-state index in [2.05, 4.69) is 49.7 Å². The Morgan fingerprint density at radius 3 is 2.50 bits per heavy atom. The minimum Gasteiger partial charge on any atom is -0.381 e. The summed E-state index contributed by atoms with van der Waals surface area (Å²) in [5.74, 6) is 1.09. The van der Waals surface area contributed by atoms with Crippen molar-refractivity contribution in [3.63, 3.8) is 0 Å². The van der Waals surface area contributed by atoms with E-state index in [1.54, 1.807) is 0 Å². The summed E-state index contributed by atoms with van der Waals surface area (Å²) in [6.07, 6.45) is 2.44. The first-order valence-electron chi connectivity index (χ1n) is 9.34. The first-order chi connectivity index (χ1) is 11.0. The van der Waals surface area contributed by atoms with Crippen molar-refractivity contribution in [3.05, 3.63) is 0 Å². The number of nitrogens with one attached hydrogen (secondary N) is 1. The number of aliphatic imine (C=N–C) groups is 1. The molecule has 24 heavy (non-hydrogen) atoms. The van der Waals surface area contributed by atoms with Gasteiger partial charge in [0.1, 0.15) is 0 Å². The minimum atomic E-state index is 0. The zero-order valence-electron chi connectivity index (χ0n) is 16.2. The van der Waals surface area contributed by atoms with Crippen LogP contribution >= 0.6 is 24.0 Å². The van der Waals surface area contributed by atoms with Crippen LogP contribution < -0.4 is 5.32 Å². The highest BCUT2D eigenvalue weighted by Crippen LogP contribution is 2.38. The van der Waals surface area contributed by atoms with Gasteiger partial charge in [0.05, 0.1) is 13.2 Å². The Balaban J connectivity index is 0.00000288. The Hall–Kier alpha value is -0.0800. The van der Waals surface area contributed by atoms with Crippen LogP contribution in [0.2, 0.25) is 0 Å². The van der Waals surface area contributed by atoms with Crippen molar-refractivity contribution in [2.75, 3.05) is 45.9 Å². The third-order valence-electron chi connectivity index (χ3n) is 5.20. The first-order valence-corrected chi connectivity index (χ1v) is 9.34. The molecule has 2 aliphatic rings. The molecular weight excluding hydrogens is 415 g/mol. The molecule has 0 aromatic rings. The van der Waals surface area contributed by atoms with E-state index in [1.807, 2.05) is 0 Å². The lowest BCUT2D eigenvalue weighted by molar-refractivity contribution is 0.156. The van der Waals surface area contributed by atoms with E-state index in [4.69, 9.17) is 9.73 Å². The van der Waals surface area contributed by atoms with Crippen LogP contribution in [0.15, 0.2) is 4.99 Å². The molecule has 1 atom stereocenters. The molecule has 1 N–H and O–H groups in total. The molecule has 0 radical (unpaired) electrons. The number of hydrogen-bond acceptors (Lipinski definition) is 3. The molecule has 0 aliphatic carbocycles. The van der Waals surface area contributed by atoms with Gasteiger partial charge >= 0.3 is 0 Å². The van der Waals surface area contributed by atoms with Crippen LogP contribution in [0.5, 0.6) is 0 Å². The third kappa shape index (κ3) is 5.73. The van der Waals surface area contributed by atoms with Crippen molar-refractivity contribution in [2.24, 2.45) is 10.4 Å². The van der Waals surface area contributed by atoms with Crippen LogP contribution in [0.1, 0.15) is 47.5 Å².